The number of carbonyl (C=O) groups excluding carboxylic acids is 2. The summed E-state index contributed by atoms with van der Waals surface area (Å²) in [5.74, 6) is 0.962. The fourth-order valence-corrected chi connectivity index (χ4v) is 3.12. The molecule has 4 nitrogen and oxygen atoms in total. The molecule has 0 atom stereocenters. The second-order valence-electron chi connectivity index (χ2n) is 6.17. The summed E-state index contributed by atoms with van der Waals surface area (Å²) < 4.78 is 0. The van der Waals surface area contributed by atoms with Crippen LogP contribution >= 0.6 is 0 Å². The Morgan fingerprint density at radius 3 is 2.62 bits per heavy atom. The van der Waals surface area contributed by atoms with Gasteiger partial charge in [-0.05, 0) is 43.4 Å². The largest absolute Gasteiger partial charge is 0.339 e. The van der Waals surface area contributed by atoms with Gasteiger partial charge in [-0.2, -0.15) is 0 Å². The number of amides is 2. The SMILES string of the molecule is CC1CCN(C(=O)c2cccc(N3CCCC3=O)c2)CC1. The highest BCUT2D eigenvalue weighted by molar-refractivity contribution is 5.99. The first-order valence-corrected chi connectivity index (χ1v) is 7.85. The molecule has 0 spiro atoms. The molecule has 2 amide bonds. The molecule has 4 heteroatoms. The van der Waals surface area contributed by atoms with Gasteiger partial charge in [0.2, 0.25) is 5.91 Å². The lowest BCUT2D eigenvalue weighted by atomic mass is 9.98. The molecule has 0 bridgehead atoms. The van der Waals surface area contributed by atoms with E-state index in [-0.39, 0.29) is 11.8 Å². The van der Waals surface area contributed by atoms with Crippen LogP contribution in [0, 0.1) is 5.92 Å². The summed E-state index contributed by atoms with van der Waals surface area (Å²) in [4.78, 5) is 28.1. The standard InChI is InChI=1S/C17H22N2O2/c1-13-7-10-18(11-8-13)17(21)14-4-2-5-15(12-14)19-9-3-6-16(19)20/h2,4-5,12-13H,3,6-11H2,1H3. The number of piperidine rings is 1. The molecule has 0 saturated carbocycles. The number of nitrogens with zero attached hydrogens (tertiary/aromatic N) is 2. The average Bonchev–Trinajstić information content (AvgIpc) is 2.94. The van der Waals surface area contributed by atoms with Crippen molar-refractivity contribution in [1.82, 2.24) is 4.90 Å². The first-order valence-electron chi connectivity index (χ1n) is 7.85. The Morgan fingerprint density at radius 1 is 1.19 bits per heavy atom. The van der Waals surface area contributed by atoms with Gasteiger partial charge in [0, 0.05) is 37.3 Å². The molecule has 21 heavy (non-hydrogen) atoms. The molecule has 2 saturated heterocycles. The molecule has 0 aromatic heterocycles. The third kappa shape index (κ3) is 2.94. The van der Waals surface area contributed by atoms with Crippen molar-refractivity contribution in [3.05, 3.63) is 29.8 Å². The normalized spacial score (nSPS) is 20.1. The van der Waals surface area contributed by atoms with E-state index in [4.69, 9.17) is 0 Å². The van der Waals surface area contributed by atoms with Crippen LogP contribution in [0.4, 0.5) is 5.69 Å². The fourth-order valence-electron chi connectivity index (χ4n) is 3.12. The predicted octanol–water partition coefficient (Wildman–Crippen LogP) is 2.69. The van der Waals surface area contributed by atoms with Crippen molar-refractivity contribution in [1.29, 1.82) is 0 Å². The van der Waals surface area contributed by atoms with Crippen molar-refractivity contribution in [2.45, 2.75) is 32.6 Å². The second kappa shape index (κ2) is 5.88. The smallest absolute Gasteiger partial charge is 0.253 e. The van der Waals surface area contributed by atoms with Gasteiger partial charge in [0.15, 0.2) is 0 Å². The van der Waals surface area contributed by atoms with Gasteiger partial charge in [-0.15, -0.1) is 0 Å². The van der Waals surface area contributed by atoms with Crippen LogP contribution in [-0.4, -0.2) is 36.3 Å². The summed E-state index contributed by atoms with van der Waals surface area (Å²) >= 11 is 0. The van der Waals surface area contributed by atoms with Crippen LogP contribution in [0.15, 0.2) is 24.3 Å². The van der Waals surface area contributed by atoms with Crippen LogP contribution in [0.2, 0.25) is 0 Å². The molecular weight excluding hydrogens is 264 g/mol. The van der Waals surface area contributed by atoms with E-state index in [0.717, 1.165) is 44.6 Å². The Labute approximate surface area is 125 Å². The van der Waals surface area contributed by atoms with Gasteiger partial charge in [-0.25, -0.2) is 0 Å². The summed E-state index contributed by atoms with van der Waals surface area (Å²) in [5, 5.41) is 0. The van der Waals surface area contributed by atoms with E-state index in [2.05, 4.69) is 6.92 Å². The molecule has 2 aliphatic heterocycles. The summed E-state index contributed by atoms with van der Waals surface area (Å²) in [7, 11) is 0. The predicted molar refractivity (Wildman–Crippen MR) is 82.3 cm³/mol. The zero-order chi connectivity index (χ0) is 14.8. The maximum absolute atomic E-state index is 12.6. The van der Waals surface area contributed by atoms with Crippen LogP contribution in [0.5, 0.6) is 0 Å². The van der Waals surface area contributed by atoms with E-state index in [0.29, 0.717) is 17.9 Å². The van der Waals surface area contributed by atoms with Crippen molar-refractivity contribution in [3.63, 3.8) is 0 Å². The molecule has 0 unspecified atom stereocenters. The van der Waals surface area contributed by atoms with Gasteiger partial charge < -0.3 is 9.80 Å². The Bertz CT molecular complexity index is 547. The number of carbonyl (C=O) groups is 2. The van der Waals surface area contributed by atoms with Crippen LogP contribution < -0.4 is 4.90 Å². The summed E-state index contributed by atoms with van der Waals surface area (Å²) in [5.41, 5.74) is 1.55. The molecule has 112 valence electrons. The van der Waals surface area contributed by atoms with E-state index in [1.54, 1.807) is 4.90 Å². The highest BCUT2D eigenvalue weighted by atomic mass is 16.2. The zero-order valence-corrected chi connectivity index (χ0v) is 12.5. The Balaban J connectivity index is 1.76. The number of likely N-dealkylation sites (tertiary alicyclic amines) is 1. The maximum atomic E-state index is 12.6. The van der Waals surface area contributed by atoms with Gasteiger partial charge in [-0.3, -0.25) is 9.59 Å². The van der Waals surface area contributed by atoms with E-state index < -0.39 is 0 Å². The molecule has 2 fully saturated rings. The van der Waals surface area contributed by atoms with Crippen LogP contribution in [0.3, 0.4) is 0 Å². The number of rotatable bonds is 2. The number of hydrogen-bond acceptors (Lipinski definition) is 2. The first kappa shape index (κ1) is 14.1. The quantitative estimate of drug-likeness (QED) is 0.838. The Kier molecular flexibility index (Phi) is 3.95. The van der Waals surface area contributed by atoms with Crippen molar-refractivity contribution in [2.75, 3.05) is 24.5 Å². The molecule has 0 aliphatic carbocycles. The summed E-state index contributed by atoms with van der Waals surface area (Å²) in [6.07, 6.45) is 3.68. The first-order chi connectivity index (χ1) is 10.1. The van der Waals surface area contributed by atoms with E-state index in [1.165, 1.54) is 0 Å². The average molecular weight is 286 g/mol. The van der Waals surface area contributed by atoms with Crippen molar-refractivity contribution >= 4 is 17.5 Å². The highest BCUT2D eigenvalue weighted by Gasteiger charge is 2.24. The third-order valence-electron chi connectivity index (χ3n) is 4.55. The monoisotopic (exact) mass is 286 g/mol. The highest BCUT2D eigenvalue weighted by Crippen LogP contribution is 2.24. The minimum absolute atomic E-state index is 0.0930. The number of benzene rings is 1. The van der Waals surface area contributed by atoms with E-state index in [9.17, 15) is 9.59 Å². The molecule has 2 heterocycles. The van der Waals surface area contributed by atoms with E-state index in [1.807, 2.05) is 29.2 Å². The zero-order valence-electron chi connectivity index (χ0n) is 12.5. The van der Waals surface area contributed by atoms with Crippen LogP contribution in [0.1, 0.15) is 43.0 Å². The molecule has 0 radical (unpaired) electrons. The fraction of sp³-hybridized carbons (Fsp3) is 0.529. The molecular formula is C17H22N2O2. The lowest BCUT2D eigenvalue weighted by molar-refractivity contribution is -0.117. The number of anilines is 1. The minimum atomic E-state index is 0.0930. The van der Waals surface area contributed by atoms with Gasteiger partial charge in [0.05, 0.1) is 0 Å². The lowest BCUT2D eigenvalue weighted by Gasteiger charge is -2.30. The van der Waals surface area contributed by atoms with Crippen molar-refractivity contribution in [3.8, 4) is 0 Å². The van der Waals surface area contributed by atoms with Gasteiger partial charge >= 0.3 is 0 Å². The Morgan fingerprint density at radius 2 is 1.95 bits per heavy atom. The summed E-state index contributed by atoms with van der Waals surface area (Å²) in [6.45, 7) is 4.68. The molecule has 2 aliphatic rings. The summed E-state index contributed by atoms with van der Waals surface area (Å²) in [6, 6.07) is 7.51. The number of hydrogen-bond donors (Lipinski definition) is 0. The minimum Gasteiger partial charge on any atom is -0.339 e. The topological polar surface area (TPSA) is 40.6 Å². The molecule has 1 aromatic carbocycles. The van der Waals surface area contributed by atoms with Crippen LogP contribution in [0.25, 0.3) is 0 Å². The van der Waals surface area contributed by atoms with Crippen LogP contribution in [-0.2, 0) is 4.79 Å². The maximum Gasteiger partial charge on any atom is 0.253 e. The van der Waals surface area contributed by atoms with Crippen molar-refractivity contribution in [2.24, 2.45) is 5.92 Å². The van der Waals surface area contributed by atoms with Gasteiger partial charge in [0.25, 0.3) is 5.91 Å². The molecule has 1 aromatic rings. The third-order valence-corrected chi connectivity index (χ3v) is 4.55. The molecule has 3 rings (SSSR count). The van der Waals surface area contributed by atoms with Gasteiger partial charge in [0.1, 0.15) is 0 Å². The van der Waals surface area contributed by atoms with E-state index >= 15 is 0 Å². The second-order valence-corrected chi connectivity index (χ2v) is 6.17. The van der Waals surface area contributed by atoms with Gasteiger partial charge in [-0.1, -0.05) is 13.0 Å². The lowest BCUT2D eigenvalue weighted by Crippen LogP contribution is -2.38. The van der Waals surface area contributed by atoms with Crippen molar-refractivity contribution < 1.29 is 9.59 Å². The molecule has 0 N–H and O–H groups in total. The Hall–Kier alpha value is -1.84.